The van der Waals surface area contributed by atoms with Crippen LogP contribution in [0.15, 0.2) is 30.3 Å². The lowest BCUT2D eigenvalue weighted by Crippen LogP contribution is -1.91. The molecule has 0 radical (unpaired) electrons. The van der Waals surface area contributed by atoms with E-state index in [-0.39, 0.29) is 0 Å². The Bertz CT molecular complexity index is 233. The van der Waals surface area contributed by atoms with Crippen molar-refractivity contribution in [2.75, 3.05) is 6.61 Å². The first kappa shape index (κ1) is 11.7. The van der Waals surface area contributed by atoms with Crippen LogP contribution in [-0.2, 0) is 11.3 Å². The molecule has 0 unspecified atom stereocenters. The molecule has 0 bridgehead atoms. The second-order valence-corrected chi connectivity index (χ2v) is 2.18. The minimum absolute atomic E-state index is 0.384. The molecule has 0 N–H and O–H groups in total. The lowest BCUT2D eigenvalue weighted by molar-refractivity contribution is 0.153. The van der Waals surface area contributed by atoms with Gasteiger partial charge in [-0.15, -0.1) is 6.42 Å². The van der Waals surface area contributed by atoms with Crippen molar-refractivity contribution >= 4 is 0 Å². The first-order valence-electron chi connectivity index (χ1n) is 4.48. The Morgan fingerprint density at radius 3 is 2.38 bits per heavy atom. The van der Waals surface area contributed by atoms with Crippen LogP contribution >= 0.6 is 0 Å². The monoisotopic (exact) mass is 176 g/mol. The number of benzene rings is 1. The third-order valence-corrected chi connectivity index (χ3v) is 1.30. The molecule has 0 fully saturated rings. The van der Waals surface area contributed by atoms with E-state index in [4.69, 9.17) is 11.2 Å². The molecule has 0 atom stereocenters. The van der Waals surface area contributed by atoms with Gasteiger partial charge in [-0.2, -0.15) is 0 Å². The van der Waals surface area contributed by atoms with Crippen molar-refractivity contribution in [1.82, 2.24) is 0 Å². The number of rotatable bonds is 3. The lowest BCUT2D eigenvalue weighted by Gasteiger charge is -1.98. The smallest absolute Gasteiger partial charge is 0.107 e. The zero-order valence-corrected chi connectivity index (χ0v) is 8.29. The normalized spacial score (nSPS) is 8.08. The topological polar surface area (TPSA) is 9.23 Å². The van der Waals surface area contributed by atoms with E-state index in [2.05, 4.69) is 5.92 Å². The van der Waals surface area contributed by atoms with Gasteiger partial charge in [0.2, 0.25) is 0 Å². The van der Waals surface area contributed by atoms with E-state index in [0.717, 1.165) is 5.56 Å². The maximum Gasteiger partial charge on any atom is 0.107 e. The summed E-state index contributed by atoms with van der Waals surface area (Å²) in [5, 5.41) is 0. The van der Waals surface area contributed by atoms with Crippen molar-refractivity contribution in [2.45, 2.75) is 20.5 Å². The van der Waals surface area contributed by atoms with Crippen LogP contribution in [0.5, 0.6) is 0 Å². The highest BCUT2D eigenvalue weighted by atomic mass is 16.5. The third-order valence-electron chi connectivity index (χ3n) is 1.30. The Morgan fingerprint density at radius 1 is 1.23 bits per heavy atom. The molecule has 1 heteroatoms. The molecule has 0 amide bonds. The van der Waals surface area contributed by atoms with E-state index in [1.54, 1.807) is 0 Å². The molecule has 0 aliphatic rings. The zero-order chi connectivity index (χ0) is 9.94. The molecule has 13 heavy (non-hydrogen) atoms. The molecule has 0 saturated heterocycles. The molecule has 0 saturated carbocycles. The lowest BCUT2D eigenvalue weighted by atomic mass is 10.2. The van der Waals surface area contributed by atoms with Gasteiger partial charge in [0.25, 0.3) is 0 Å². The largest absolute Gasteiger partial charge is 0.364 e. The minimum atomic E-state index is 0.384. The average molecular weight is 176 g/mol. The van der Waals surface area contributed by atoms with E-state index < -0.39 is 0 Å². The summed E-state index contributed by atoms with van der Waals surface area (Å²) < 4.78 is 5.13. The van der Waals surface area contributed by atoms with Gasteiger partial charge in [0.15, 0.2) is 0 Å². The maximum atomic E-state index is 5.13. The molecule has 1 nitrogen and oxygen atoms in total. The summed E-state index contributed by atoms with van der Waals surface area (Å²) in [5.41, 5.74) is 1.16. The Hall–Kier alpha value is -1.26. The third kappa shape index (κ3) is 5.95. The summed E-state index contributed by atoms with van der Waals surface area (Å²) in [5.74, 6) is 2.42. The van der Waals surface area contributed by atoms with Gasteiger partial charge in [-0.05, 0) is 5.56 Å². The van der Waals surface area contributed by atoms with Crippen LogP contribution in [0.4, 0.5) is 0 Å². The second-order valence-electron chi connectivity index (χ2n) is 2.18. The second kappa shape index (κ2) is 8.83. The Kier molecular flexibility index (Phi) is 7.98. The van der Waals surface area contributed by atoms with Gasteiger partial charge in [-0.3, -0.25) is 0 Å². The molecule has 0 aliphatic carbocycles. The molecule has 0 heterocycles. The quantitative estimate of drug-likeness (QED) is 0.508. The first-order valence-corrected chi connectivity index (χ1v) is 4.48. The van der Waals surface area contributed by atoms with Crippen LogP contribution in [0.2, 0.25) is 0 Å². The van der Waals surface area contributed by atoms with Gasteiger partial charge in [0.05, 0.1) is 6.61 Å². The number of hydrogen-bond acceptors (Lipinski definition) is 1. The average Bonchev–Trinajstić information content (AvgIpc) is 2.23. The van der Waals surface area contributed by atoms with E-state index >= 15 is 0 Å². The standard InChI is InChI=1S/C10H10O.C2H6/c1-2-8-11-9-10-6-4-3-5-7-10;1-2/h1,3-7H,8-9H2;1-2H3. The fourth-order valence-corrected chi connectivity index (χ4v) is 0.802. The van der Waals surface area contributed by atoms with Crippen molar-refractivity contribution in [1.29, 1.82) is 0 Å². The van der Waals surface area contributed by atoms with Gasteiger partial charge in [0.1, 0.15) is 6.61 Å². The fourth-order valence-electron chi connectivity index (χ4n) is 0.802. The predicted molar refractivity (Wildman–Crippen MR) is 56.3 cm³/mol. The molecule has 70 valence electrons. The molecule has 1 aromatic rings. The molecule has 0 aliphatic heterocycles. The van der Waals surface area contributed by atoms with Crippen LogP contribution in [0.25, 0.3) is 0 Å². The molecular weight excluding hydrogens is 160 g/mol. The van der Waals surface area contributed by atoms with E-state index in [1.165, 1.54) is 0 Å². The molecular formula is C12H16O. The van der Waals surface area contributed by atoms with E-state index in [0.29, 0.717) is 13.2 Å². The Balaban J connectivity index is 0.000000671. The fraction of sp³-hybridized carbons (Fsp3) is 0.333. The highest BCUT2D eigenvalue weighted by Gasteiger charge is 1.87. The molecule has 1 rings (SSSR count). The van der Waals surface area contributed by atoms with Gasteiger partial charge in [-0.1, -0.05) is 50.1 Å². The van der Waals surface area contributed by atoms with Crippen LogP contribution in [0.3, 0.4) is 0 Å². The zero-order valence-electron chi connectivity index (χ0n) is 8.29. The van der Waals surface area contributed by atoms with Crippen molar-refractivity contribution in [3.63, 3.8) is 0 Å². The van der Waals surface area contributed by atoms with Crippen molar-refractivity contribution in [2.24, 2.45) is 0 Å². The van der Waals surface area contributed by atoms with E-state index in [9.17, 15) is 0 Å². The van der Waals surface area contributed by atoms with Gasteiger partial charge in [0, 0.05) is 0 Å². The number of terminal acetylenes is 1. The summed E-state index contributed by atoms with van der Waals surface area (Å²) in [6, 6.07) is 9.96. The highest BCUT2D eigenvalue weighted by molar-refractivity contribution is 5.13. The van der Waals surface area contributed by atoms with Gasteiger partial charge < -0.3 is 4.74 Å². The summed E-state index contributed by atoms with van der Waals surface area (Å²) in [6.45, 7) is 4.99. The van der Waals surface area contributed by atoms with Crippen LogP contribution in [0, 0.1) is 12.3 Å². The van der Waals surface area contributed by atoms with Crippen LogP contribution < -0.4 is 0 Å². The molecule has 1 aromatic carbocycles. The van der Waals surface area contributed by atoms with Crippen molar-refractivity contribution < 1.29 is 4.74 Å². The Labute approximate surface area is 80.7 Å². The van der Waals surface area contributed by atoms with Gasteiger partial charge in [-0.25, -0.2) is 0 Å². The maximum absolute atomic E-state index is 5.13. The Morgan fingerprint density at radius 2 is 1.85 bits per heavy atom. The summed E-state index contributed by atoms with van der Waals surface area (Å²) in [4.78, 5) is 0. The molecule has 0 aromatic heterocycles. The van der Waals surface area contributed by atoms with Crippen molar-refractivity contribution in [3.05, 3.63) is 35.9 Å². The van der Waals surface area contributed by atoms with E-state index in [1.807, 2.05) is 44.2 Å². The van der Waals surface area contributed by atoms with Crippen LogP contribution in [0.1, 0.15) is 19.4 Å². The highest BCUT2D eigenvalue weighted by Crippen LogP contribution is 1.99. The SMILES string of the molecule is C#CCOCc1ccccc1.CC. The summed E-state index contributed by atoms with van der Waals surface area (Å²) in [7, 11) is 0. The minimum Gasteiger partial charge on any atom is -0.364 e. The molecule has 0 spiro atoms. The predicted octanol–water partition coefficient (Wildman–Crippen LogP) is 2.86. The number of hydrogen-bond donors (Lipinski definition) is 0. The summed E-state index contributed by atoms with van der Waals surface area (Å²) >= 11 is 0. The van der Waals surface area contributed by atoms with Gasteiger partial charge >= 0.3 is 0 Å². The van der Waals surface area contributed by atoms with Crippen molar-refractivity contribution in [3.8, 4) is 12.3 Å². The first-order chi connectivity index (χ1) is 6.43. The van der Waals surface area contributed by atoms with Crippen LogP contribution in [-0.4, -0.2) is 6.61 Å². The summed E-state index contributed by atoms with van der Waals surface area (Å²) in [6.07, 6.45) is 5.02. The number of ether oxygens (including phenoxy) is 1.